The quantitative estimate of drug-likeness (QED) is 0.592. The average molecular weight is 208 g/mol. The van der Waals surface area contributed by atoms with Gasteiger partial charge in [0.25, 0.3) is 0 Å². The molecule has 0 atom stereocenters. The number of benzene rings is 2. The summed E-state index contributed by atoms with van der Waals surface area (Å²) in [6.45, 7) is 0. The number of Topliss-reactive ketones (excluding diaryl/α,β-unsaturated/α-hetero) is 2. The summed E-state index contributed by atoms with van der Waals surface area (Å²) in [5.74, 6) is -0.884. The lowest BCUT2D eigenvalue weighted by atomic mass is 10.0. The molecule has 0 aliphatic heterocycles. The molecule has 76 valence electrons. The first-order valence-corrected chi connectivity index (χ1v) is 5.04. The number of fused-ring (bicyclic) bond motifs is 2. The fraction of sp³-hybridized carbons (Fsp3) is 0. The van der Waals surface area contributed by atoms with Gasteiger partial charge in [-0.15, -0.1) is 0 Å². The van der Waals surface area contributed by atoms with Gasteiger partial charge in [0.15, 0.2) is 0 Å². The van der Waals surface area contributed by atoms with Crippen molar-refractivity contribution < 1.29 is 9.59 Å². The Labute approximate surface area is 91.5 Å². The lowest BCUT2D eigenvalue weighted by molar-refractivity contribution is -0.129. The zero-order chi connectivity index (χ0) is 11.1. The molecule has 0 amide bonds. The van der Waals surface area contributed by atoms with Crippen molar-refractivity contribution in [2.75, 3.05) is 0 Å². The third kappa shape index (κ3) is 1.27. The first-order chi connectivity index (χ1) is 7.74. The summed E-state index contributed by atoms with van der Waals surface area (Å²) in [5.41, 5.74) is 0. The molecular weight excluding hydrogens is 200 g/mol. The van der Waals surface area contributed by atoms with Gasteiger partial charge in [-0.25, -0.2) is 0 Å². The van der Waals surface area contributed by atoms with Crippen molar-refractivity contribution >= 4 is 34.5 Å². The lowest BCUT2D eigenvalue weighted by Crippen LogP contribution is -2.33. The highest BCUT2D eigenvalue weighted by atomic mass is 16.2. The second kappa shape index (κ2) is 3.14. The van der Waals surface area contributed by atoms with Gasteiger partial charge in [0, 0.05) is 0 Å². The molecule has 16 heavy (non-hydrogen) atoms. The van der Waals surface area contributed by atoms with E-state index >= 15 is 0 Å². The van der Waals surface area contributed by atoms with Crippen molar-refractivity contribution in [1.29, 1.82) is 0 Å². The standard InChI is InChI=1S/C14H8O2/c15-13-7-11-5-9-3-1-2-4-10(9)6-12(11)8-14(13)16/h1-8H. The second-order valence-electron chi connectivity index (χ2n) is 3.85. The lowest BCUT2D eigenvalue weighted by Gasteiger charge is -2.01. The highest BCUT2D eigenvalue weighted by Gasteiger charge is 2.11. The van der Waals surface area contributed by atoms with E-state index in [1.807, 2.05) is 36.4 Å². The van der Waals surface area contributed by atoms with E-state index in [1.54, 1.807) is 0 Å². The monoisotopic (exact) mass is 208 g/mol. The van der Waals surface area contributed by atoms with Gasteiger partial charge >= 0.3 is 0 Å². The zero-order valence-corrected chi connectivity index (χ0v) is 8.44. The minimum atomic E-state index is -0.442. The number of rotatable bonds is 0. The SMILES string of the molecule is O=C1C=c2cc3ccccc3cc2=CC1=O. The van der Waals surface area contributed by atoms with Crippen molar-refractivity contribution in [3.63, 3.8) is 0 Å². The number of hydrogen-bond acceptors (Lipinski definition) is 2. The van der Waals surface area contributed by atoms with Crippen molar-refractivity contribution in [3.05, 3.63) is 46.8 Å². The smallest absolute Gasteiger partial charge is 0.226 e. The Morgan fingerprint density at radius 3 is 1.56 bits per heavy atom. The van der Waals surface area contributed by atoms with Crippen LogP contribution in [0.4, 0.5) is 0 Å². The molecule has 0 spiro atoms. The molecular formula is C14H8O2. The summed E-state index contributed by atoms with van der Waals surface area (Å²) in [6.07, 6.45) is 2.81. The molecule has 0 fully saturated rings. The van der Waals surface area contributed by atoms with E-state index in [-0.39, 0.29) is 0 Å². The van der Waals surface area contributed by atoms with Crippen LogP contribution in [0.15, 0.2) is 36.4 Å². The number of ketones is 2. The van der Waals surface area contributed by atoms with Gasteiger partial charge in [-0.2, -0.15) is 0 Å². The van der Waals surface area contributed by atoms with Crippen LogP contribution in [0.1, 0.15) is 0 Å². The van der Waals surface area contributed by atoms with Crippen LogP contribution >= 0.6 is 0 Å². The predicted molar refractivity (Wildman–Crippen MR) is 62.1 cm³/mol. The van der Waals surface area contributed by atoms with E-state index in [1.165, 1.54) is 12.2 Å². The topological polar surface area (TPSA) is 34.1 Å². The maximum Gasteiger partial charge on any atom is 0.226 e. The largest absolute Gasteiger partial charge is 0.286 e. The average Bonchev–Trinajstić information content (AvgIpc) is 2.28. The summed E-state index contributed by atoms with van der Waals surface area (Å²) in [7, 11) is 0. The number of carbonyl (C=O) groups excluding carboxylic acids is 2. The van der Waals surface area contributed by atoms with E-state index in [9.17, 15) is 9.59 Å². The zero-order valence-electron chi connectivity index (χ0n) is 8.44. The Balaban J connectivity index is 2.50. The van der Waals surface area contributed by atoms with E-state index in [0.29, 0.717) is 0 Å². The number of hydrogen-bond donors (Lipinski definition) is 0. The van der Waals surface area contributed by atoms with Crippen LogP contribution in [0.5, 0.6) is 0 Å². The third-order valence-electron chi connectivity index (χ3n) is 2.77. The van der Waals surface area contributed by atoms with Crippen molar-refractivity contribution in [3.8, 4) is 0 Å². The molecule has 3 rings (SSSR count). The van der Waals surface area contributed by atoms with Crippen LogP contribution in [0.25, 0.3) is 22.9 Å². The summed E-state index contributed by atoms with van der Waals surface area (Å²) in [5, 5.41) is 3.80. The Kier molecular flexibility index (Phi) is 1.77. The van der Waals surface area contributed by atoms with Crippen molar-refractivity contribution in [1.82, 2.24) is 0 Å². The Morgan fingerprint density at radius 1 is 0.688 bits per heavy atom. The maximum atomic E-state index is 11.3. The van der Waals surface area contributed by atoms with Crippen molar-refractivity contribution in [2.45, 2.75) is 0 Å². The molecule has 2 nitrogen and oxygen atoms in total. The molecule has 0 saturated carbocycles. The van der Waals surface area contributed by atoms with Gasteiger partial charge < -0.3 is 0 Å². The first kappa shape index (κ1) is 9.04. The highest BCUT2D eigenvalue weighted by Crippen LogP contribution is 2.08. The Morgan fingerprint density at radius 2 is 1.12 bits per heavy atom. The Hall–Kier alpha value is -2.22. The van der Waals surface area contributed by atoms with Gasteiger partial charge in [0.2, 0.25) is 11.6 Å². The first-order valence-electron chi connectivity index (χ1n) is 5.04. The van der Waals surface area contributed by atoms with Crippen LogP contribution in [0.3, 0.4) is 0 Å². The molecule has 0 bridgehead atoms. The molecule has 0 saturated heterocycles. The normalized spacial score (nSPS) is 14.2. The second-order valence-corrected chi connectivity index (χ2v) is 3.85. The maximum absolute atomic E-state index is 11.3. The van der Waals surface area contributed by atoms with Crippen LogP contribution in [-0.4, -0.2) is 11.6 Å². The van der Waals surface area contributed by atoms with Crippen LogP contribution in [0.2, 0.25) is 0 Å². The minimum absolute atomic E-state index is 0.442. The summed E-state index contributed by atoms with van der Waals surface area (Å²) in [6, 6.07) is 11.8. The summed E-state index contributed by atoms with van der Waals surface area (Å²) >= 11 is 0. The molecule has 2 aromatic carbocycles. The molecule has 0 unspecified atom stereocenters. The third-order valence-corrected chi connectivity index (χ3v) is 2.77. The fourth-order valence-corrected chi connectivity index (χ4v) is 1.95. The van der Waals surface area contributed by atoms with Gasteiger partial charge in [0.05, 0.1) is 0 Å². The number of carbonyl (C=O) groups is 2. The van der Waals surface area contributed by atoms with E-state index in [4.69, 9.17) is 0 Å². The molecule has 2 aromatic rings. The van der Waals surface area contributed by atoms with Gasteiger partial charge in [-0.05, 0) is 45.5 Å². The minimum Gasteiger partial charge on any atom is -0.286 e. The van der Waals surface area contributed by atoms with Crippen molar-refractivity contribution in [2.24, 2.45) is 0 Å². The molecule has 1 aliphatic carbocycles. The summed E-state index contributed by atoms with van der Waals surface area (Å²) < 4.78 is 0. The van der Waals surface area contributed by atoms with E-state index in [0.717, 1.165) is 21.2 Å². The van der Waals surface area contributed by atoms with Gasteiger partial charge in [0.1, 0.15) is 0 Å². The molecule has 0 radical (unpaired) electrons. The van der Waals surface area contributed by atoms with Gasteiger partial charge in [-0.1, -0.05) is 24.3 Å². The van der Waals surface area contributed by atoms with E-state index < -0.39 is 11.6 Å². The Bertz CT molecular complexity index is 674. The molecule has 2 heteroatoms. The molecule has 0 aromatic heterocycles. The summed E-state index contributed by atoms with van der Waals surface area (Å²) in [4.78, 5) is 22.5. The van der Waals surface area contributed by atoms with Crippen LogP contribution in [0, 0.1) is 0 Å². The highest BCUT2D eigenvalue weighted by molar-refractivity contribution is 6.57. The van der Waals surface area contributed by atoms with E-state index in [2.05, 4.69) is 0 Å². The molecule has 1 aliphatic rings. The fourth-order valence-electron chi connectivity index (χ4n) is 1.95. The predicted octanol–water partition coefficient (Wildman–Crippen LogP) is 0.553. The van der Waals surface area contributed by atoms with Crippen LogP contribution in [-0.2, 0) is 9.59 Å². The molecule has 0 heterocycles. The van der Waals surface area contributed by atoms with Gasteiger partial charge in [-0.3, -0.25) is 9.59 Å². The van der Waals surface area contributed by atoms with Crippen LogP contribution < -0.4 is 10.4 Å². The molecule has 0 N–H and O–H groups in total.